The summed E-state index contributed by atoms with van der Waals surface area (Å²) >= 11 is 6.39. The Morgan fingerprint density at radius 3 is 2.75 bits per heavy atom. The van der Waals surface area contributed by atoms with Crippen molar-refractivity contribution in [3.05, 3.63) is 58.6 Å². The zero-order valence-electron chi connectivity index (χ0n) is 11.7. The Balaban J connectivity index is 2.08. The van der Waals surface area contributed by atoms with Gasteiger partial charge in [-0.05, 0) is 43.7 Å². The fourth-order valence-corrected chi connectivity index (χ4v) is 3.17. The van der Waals surface area contributed by atoms with Crippen molar-refractivity contribution in [3.8, 4) is 0 Å². The van der Waals surface area contributed by atoms with Gasteiger partial charge in [-0.25, -0.2) is 0 Å². The highest BCUT2D eigenvalue weighted by molar-refractivity contribution is 6.31. The van der Waals surface area contributed by atoms with Crippen molar-refractivity contribution in [2.24, 2.45) is 0 Å². The molecule has 0 amide bonds. The lowest BCUT2D eigenvalue weighted by molar-refractivity contribution is 0.755. The van der Waals surface area contributed by atoms with E-state index in [1.54, 1.807) is 0 Å². The number of fused-ring (bicyclic) bond motifs is 1. The lowest BCUT2D eigenvalue weighted by Crippen LogP contribution is -2.26. The van der Waals surface area contributed by atoms with E-state index in [-0.39, 0.29) is 0 Å². The number of nitrogens with zero attached hydrogens (tertiary/aromatic N) is 1. The topological polar surface area (TPSA) is 15.3 Å². The molecule has 0 saturated heterocycles. The van der Waals surface area contributed by atoms with Gasteiger partial charge in [0, 0.05) is 35.1 Å². The summed E-state index contributed by atoms with van der Waals surface area (Å²) in [6, 6.07) is 14.8. The molecular formula is C17H19ClN2. The lowest BCUT2D eigenvalue weighted by atomic mass is 10.00. The van der Waals surface area contributed by atoms with Crippen LogP contribution in [-0.2, 0) is 13.0 Å². The van der Waals surface area contributed by atoms with Crippen LogP contribution in [0, 0.1) is 0 Å². The molecule has 2 nitrogen and oxygen atoms in total. The molecule has 0 aliphatic carbocycles. The molecule has 1 heterocycles. The molecule has 0 radical (unpaired) electrons. The molecule has 0 aromatic heterocycles. The second-order valence-corrected chi connectivity index (χ2v) is 5.56. The molecule has 0 spiro atoms. The monoisotopic (exact) mass is 286 g/mol. The standard InChI is InChI=1S/C17H19ClN2/c1-19-12-14-15(18)8-4-10-17(14)20-11-5-7-13-6-2-3-9-16(13)20/h2-4,6,8-10,19H,5,7,11-12H2,1H3. The summed E-state index contributed by atoms with van der Waals surface area (Å²) in [5, 5.41) is 4.05. The maximum Gasteiger partial charge on any atom is 0.0471 e. The number of anilines is 2. The van der Waals surface area contributed by atoms with Crippen LogP contribution in [0.1, 0.15) is 17.5 Å². The third-order valence-electron chi connectivity index (χ3n) is 3.85. The van der Waals surface area contributed by atoms with E-state index in [2.05, 4.69) is 40.5 Å². The van der Waals surface area contributed by atoms with Crippen molar-refractivity contribution >= 4 is 23.0 Å². The number of para-hydroxylation sites is 1. The van der Waals surface area contributed by atoms with Crippen LogP contribution < -0.4 is 10.2 Å². The number of benzene rings is 2. The third-order valence-corrected chi connectivity index (χ3v) is 4.20. The number of aryl methyl sites for hydroxylation is 1. The predicted molar refractivity (Wildman–Crippen MR) is 86.0 cm³/mol. The largest absolute Gasteiger partial charge is 0.341 e. The second-order valence-electron chi connectivity index (χ2n) is 5.15. The quantitative estimate of drug-likeness (QED) is 0.912. The van der Waals surface area contributed by atoms with E-state index in [1.807, 2.05) is 19.2 Å². The first-order valence-electron chi connectivity index (χ1n) is 7.08. The minimum atomic E-state index is 0.785. The van der Waals surface area contributed by atoms with Crippen LogP contribution in [0.4, 0.5) is 11.4 Å². The number of hydrogen-bond acceptors (Lipinski definition) is 2. The summed E-state index contributed by atoms with van der Waals surface area (Å²) in [6.07, 6.45) is 2.34. The minimum Gasteiger partial charge on any atom is -0.341 e. The highest BCUT2D eigenvalue weighted by Gasteiger charge is 2.20. The average Bonchev–Trinajstić information content (AvgIpc) is 2.49. The first kappa shape index (κ1) is 13.5. The van der Waals surface area contributed by atoms with Gasteiger partial charge in [0.1, 0.15) is 0 Å². The van der Waals surface area contributed by atoms with E-state index < -0.39 is 0 Å². The summed E-state index contributed by atoms with van der Waals surface area (Å²) in [7, 11) is 1.96. The summed E-state index contributed by atoms with van der Waals surface area (Å²) < 4.78 is 0. The maximum absolute atomic E-state index is 6.39. The average molecular weight is 287 g/mol. The number of hydrogen-bond donors (Lipinski definition) is 1. The Morgan fingerprint density at radius 1 is 1.10 bits per heavy atom. The first-order valence-corrected chi connectivity index (χ1v) is 7.46. The fourth-order valence-electron chi connectivity index (χ4n) is 2.94. The molecule has 104 valence electrons. The Labute approximate surface area is 125 Å². The Morgan fingerprint density at radius 2 is 1.90 bits per heavy atom. The number of rotatable bonds is 3. The van der Waals surface area contributed by atoms with Crippen molar-refractivity contribution in [2.45, 2.75) is 19.4 Å². The lowest BCUT2D eigenvalue weighted by Gasteiger charge is -2.33. The summed E-state index contributed by atoms with van der Waals surface area (Å²) in [5.41, 5.74) is 5.14. The normalized spacial score (nSPS) is 14.2. The zero-order chi connectivity index (χ0) is 13.9. The fraction of sp³-hybridized carbons (Fsp3) is 0.294. The molecule has 0 fully saturated rings. The van der Waals surface area contributed by atoms with E-state index in [1.165, 1.54) is 28.9 Å². The van der Waals surface area contributed by atoms with E-state index in [4.69, 9.17) is 11.6 Å². The van der Waals surface area contributed by atoms with E-state index >= 15 is 0 Å². The van der Waals surface area contributed by atoms with Crippen LogP contribution >= 0.6 is 11.6 Å². The van der Waals surface area contributed by atoms with Crippen LogP contribution in [-0.4, -0.2) is 13.6 Å². The third kappa shape index (κ3) is 2.41. The molecule has 0 saturated carbocycles. The van der Waals surface area contributed by atoms with Gasteiger partial charge in [0.25, 0.3) is 0 Å². The van der Waals surface area contributed by atoms with E-state index in [9.17, 15) is 0 Å². The first-order chi connectivity index (χ1) is 9.81. The summed E-state index contributed by atoms with van der Waals surface area (Å²) in [4.78, 5) is 2.40. The van der Waals surface area contributed by atoms with Gasteiger partial charge in [0.2, 0.25) is 0 Å². The van der Waals surface area contributed by atoms with Crippen molar-refractivity contribution in [1.82, 2.24) is 5.32 Å². The molecule has 1 aliphatic heterocycles. The van der Waals surface area contributed by atoms with Crippen LogP contribution in [0.25, 0.3) is 0 Å². The minimum absolute atomic E-state index is 0.785. The molecule has 20 heavy (non-hydrogen) atoms. The molecule has 0 bridgehead atoms. The Hall–Kier alpha value is -1.51. The molecular weight excluding hydrogens is 268 g/mol. The van der Waals surface area contributed by atoms with Gasteiger partial charge in [-0.1, -0.05) is 35.9 Å². The SMILES string of the molecule is CNCc1c(Cl)cccc1N1CCCc2ccccc21. The van der Waals surface area contributed by atoms with Gasteiger partial charge >= 0.3 is 0 Å². The molecule has 3 heteroatoms. The summed E-state index contributed by atoms with van der Waals surface area (Å²) in [5.74, 6) is 0. The van der Waals surface area contributed by atoms with E-state index in [0.29, 0.717) is 0 Å². The molecule has 0 unspecified atom stereocenters. The smallest absolute Gasteiger partial charge is 0.0471 e. The number of nitrogens with one attached hydrogen (secondary N) is 1. The molecule has 0 atom stereocenters. The molecule has 2 aromatic carbocycles. The van der Waals surface area contributed by atoms with E-state index in [0.717, 1.165) is 24.5 Å². The van der Waals surface area contributed by atoms with Crippen LogP contribution in [0.3, 0.4) is 0 Å². The van der Waals surface area contributed by atoms with Crippen LogP contribution in [0.15, 0.2) is 42.5 Å². The van der Waals surface area contributed by atoms with Gasteiger partial charge in [0.05, 0.1) is 0 Å². The van der Waals surface area contributed by atoms with Gasteiger partial charge < -0.3 is 10.2 Å². The van der Waals surface area contributed by atoms with Crippen molar-refractivity contribution in [2.75, 3.05) is 18.5 Å². The van der Waals surface area contributed by atoms with Gasteiger partial charge in [-0.15, -0.1) is 0 Å². The van der Waals surface area contributed by atoms with Crippen molar-refractivity contribution in [1.29, 1.82) is 0 Å². The van der Waals surface area contributed by atoms with Gasteiger partial charge in [-0.2, -0.15) is 0 Å². The highest BCUT2D eigenvalue weighted by atomic mass is 35.5. The van der Waals surface area contributed by atoms with Crippen molar-refractivity contribution < 1.29 is 0 Å². The second kappa shape index (κ2) is 5.86. The Kier molecular flexibility index (Phi) is 3.95. The van der Waals surface area contributed by atoms with Gasteiger partial charge in [-0.3, -0.25) is 0 Å². The maximum atomic E-state index is 6.39. The van der Waals surface area contributed by atoms with Crippen molar-refractivity contribution in [3.63, 3.8) is 0 Å². The highest BCUT2D eigenvalue weighted by Crippen LogP contribution is 2.37. The molecule has 1 aliphatic rings. The Bertz CT molecular complexity index is 610. The molecule has 1 N–H and O–H groups in total. The molecule has 2 aromatic rings. The zero-order valence-corrected chi connectivity index (χ0v) is 12.5. The summed E-state index contributed by atoms with van der Waals surface area (Å²) in [6.45, 7) is 1.84. The predicted octanol–water partition coefficient (Wildman–Crippen LogP) is 4.14. The van der Waals surface area contributed by atoms with Gasteiger partial charge in [0.15, 0.2) is 0 Å². The van der Waals surface area contributed by atoms with Crippen LogP contribution in [0.2, 0.25) is 5.02 Å². The van der Waals surface area contributed by atoms with Crippen LogP contribution in [0.5, 0.6) is 0 Å². The number of halogens is 1. The molecule has 3 rings (SSSR count).